The van der Waals surface area contributed by atoms with E-state index >= 15 is 0 Å². The SMILES string of the molecule is Cn1c(C2CCCC2)nc2cc(CCl)ccc21. The average Bonchev–Trinajstić information content (AvgIpc) is 2.97. The Morgan fingerprint density at radius 3 is 2.82 bits per heavy atom. The van der Waals surface area contributed by atoms with Crippen molar-refractivity contribution in [3.05, 3.63) is 29.6 Å². The van der Waals surface area contributed by atoms with Gasteiger partial charge in [0.2, 0.25) is 0 Å². The molecule has 0 amide bonds. The van der Waals surface area contributed by atoms with E-state index in [9.17, 15) is 0 Å². The maximum absolute atomic E-state index is 5.87. The molecule has 2 nitrogen and oxygen atoms in total. The predicted octanol–water partition coefficient (Wildman–Crippen LogP) is 3.97. The minimum absolute atomic E-state index is 0.561. The van der Waals surface area contributed by atoms with Gasteiger partial charge < -0.3 is 4.57 Å². The van der Waals surface area contributed by atoms with E-state index in [4.69, 9.17) is 16.6 Å². The lowest BCUT2D eigenvalue weighted by molar-refractivity contribution is 0.639. The first-order valence-corrected chi connectivity index (χ1v) is 6.84. The van der Waals surface area contributed by atoms with E-state index in [1.54, 1.807) is 0 Å². The molecule has 1 aromatic carbocycles. The van der Waals surface area contributed by atoms with Crippen molar-refractivity contribution in [2.75, 3.05) is 0 Å². The second-order valence-corrected chi connectivity index (χ2v) is 5.23. The highest BCUT2D eigenvalue weighted by molar-refractivity contribution is 6.17. The minimum Gasteiger partial charge on any atom is -0.331 e. The molecule has 0 saturated heterocycles. The lowest BCUT2D eigenvalue weighted by atomic mass is 10.1. The Bertz CT molecular complexity index is 538. The van der Waals surface area contributed by atoms with Crippen LogP contribution in [0, 0.1) is 0 Å². The van der Waals surface area contributed by atoms with Gasteiger partial charge in [0.15, 0.2) is 0 Å². The van der Waals surface area contributed by atoms with Crippen LogP contribution in [0.4, 0.5) is 0 Å². The Morgan fingerprint density at radius 1 is 1.35 bits per heavy atom. The Kier molecular flexibility index (Phi) is 2.83. The molecule has 0 radical (unpaired) electrons. The third kappa shape index (κ3) is 1.85. The molecule has 2 aromatic rings. The standard InChI is InChI=1S/C14H17ClN2/c1-17-13-7-6-10(9-15)8-12(13)16-14(17)11-4-2-3-5-11/h6-8,11H,2-5,9H2,1H3. The summed E-state index contributed by atoms with van der Waals surface area (Å²) in [7, 11) is 2.13. The van der Waals surface area contributed by atoms with Gasteiger partial charge in [0.25, 0.3) is 0 Å². The lowest BCUT2D eigenvalue weighted by Crippen LogP contribution is -2.02. The molecule has 1 aliphatic rings. The molecule has 3 heteroatoms. The van der Waals surface area contributed by atoms with Crippen LogP contribution >= 0.6 is 11.6 Å². The fourth-order valence-corrected chi connectivity index (χ4v) is 3.06. The predicted molar refractivity (Wildman–Crippen MR) is 71.5 cm³/mol. The van der Waals surface area contributed by atoms with Crippen LogP contribution < -0.4 is 0 Å². The van der Waals surface area contributed by atoms with Crippen molar-refractivity contribution in [2.24, 2.45) is 7.05 Å². The highest BCUT2D eigenvalue weighted by Gasteiger charge is 2.22. The van der Waals surface area contributed by atoms with Gasteiger partial charge in [-0.05, 0) is 30.5 Å². The molecule has 1 fully saturated rings. The van der Waals surface area contributed by atoms with Gasteiger partial charge in [-0.2, -0.15) is 0 Å². The maximum atomic E-state index is 5.87. The first kappa shape index (κ1) is 11.1. The van der Waals surface area contributed by atoms with Gasteiger partial charge in [-0.25, -0.2) is 4.98 Å². The van der Waals surface area contributed by atoms with E-state index in [1.807, 2.05) is 0 Å². The minimum atomic E-state index is 0.561. The number of nitrogens with zero attached hydrogens (tertiary/aromatic N) is 2. The molecule has 0 spiro atoms. The van der Waals surface area contributed by atoms with Gasteiger partial charge in [-0.3, -0.25) is 0 Å². The maximum Gasteiger partial charge on any atom is 0.112 e. The lowest BCUT2D eigenvalue weighted by Gasteiger charge is -2.08. The zero-order valence-electron chi connectivity index (χ0n) is 10.1. The summed E-state index contributed by atoms with van der Waals surface area (Å²) in [6, 6.07) is 6.34. The molecule has 1 heterocycles. The molecule has 1 saturated carbocycles. The van der Waals surface area contributed by atoms with Gasteiger partial charge in [0.05, 0.1) is 11.0 Å². The van der Waals surface area contributed by atoms with Crippen molar-refractivity contribution in [1.29, 1.82) is 0 Å². The number of aryl methyl sites for hydroxylation is 1. The van der Waals surface area contributed by atoms with Crippen LogP contribution in [0.1, 0.15) is 43.0 Å². The summed E-state index contributed by atoms with van der Waals surface area (Å²) < 4.78 is 2.25. The number of imidazole rings is 1. The zero-order valence-corrected chi connectivity index (χ0v) is 10.9. The summed E-state index contributed by atoms with van der Waals surface area (Å²) >= 11 is 5.87. The van der Waals surface area contributed by atoms with E-state index in [0.29, 0.717) is 11.8 Å². The second-order valence-electron chi connectivity index (χ2n) is 4.97. The Morgan fingerprint density at radius 2 is 2.12 bits per heavy atom. The molecule has 90 valence electrons. The van der Waals surface area contributed by atoms with Gasteiger partial charge >= 0.3 is 0 Å². The number of alkyl halides is 1. The number of fused-ring (bicyclic) bond motifs is 1. The van der Waals surface area contributed by atoms with E-state index in [2.05, 4.69) is 29.8 Å². The molecule has 0 N–H and O–H groups in total. The molecular weight excluding hydrogens is 232 g/mol. The summed E-state index contributed by atoms with van der Waals surface area (Å²) in [5, 5.41) is 0. The Hall–Kier alpha value is -1.02. The number of halogens is 1. The molecule has 0 aliphatic heterocycles. The van der Waals surface area contributed by atoms with E-state index in [0.717, 1.165) is 11.1 Å². The van der Waals surface area contributed by atoms with Crippen molar-refractivity contribution in [3.63, 3.8) is 0 Å². The summed E-state index contributed by atoms with van der Waals surface area (Å²) in [5.41, 5.74) is 3.46. The quantitative estimate of drug-likeness (QED) is 0.736. The molecule has 0 bridgehead atoms. The smallest absolute Gasteiger partial charge is 0.112 e. The summed E-state index contributed by atoms with van der Waals surface area (Å²) in [5.74, 6) is 2.47. The monoisotopic (exact) mass is 248 g/mol. The molecule has 1 aliphatic carbocycles. The van der Waals surface area contributed by atoms with Crippen molar-refractivity contribution >= 4 is 22.6 Å². The van der Waals surface area contributed by atoms with Crippen LogP contribution in [0.25, 0.3) is 11.0 Å². The molecule has 17 heavy (non-hydrogen) atoms. The molecule has 1 aromatic heterocycles. The van der Waals surface area contributed by atoms with E-state index in [1.165, 1.54) is 37.0 Å². The number of hydrogen-bond acceptors (Lipinski definition) is 1. The summed E-state index contributed by atoms with van der Waals surface area (Å²) in [6.07, 6.45) is 5.28. The summed E-state index contributed by atoms with van der Waals surface area (Å²) in [6.45, 7) is 0. The topological polar surface area (TPSA) is 17.8 Å². The van der Waals surface area contributed by atoms with Crippen LogP contribution in [-0.2, 0) is 12.9 Å². The normalized spacial score (nSPS) is 17.1. The number of rotatable bonds is 2. The van der Waals surface area contributed by atoms with Crippen molar-refractivity contribution in [3.8, 4) is 0 Å². The van der Waals surface area contributed by atoms with Gasteiger partial charge in [-0.1, -0.05) is 18.9 Å². The highest BCUT2D eigenvalue weighted by Crippen LogP contribution is 2.34. The summed E-state index contributed by atoms with van der Waals surface area (Å²) in [4.78, 5) is 4.81. The third-order valence-corrected chi connectivity index (χ3v) is 4.16. The second kappa shape index (κ2) is 4.34. The molecular formula is C14H17ClN2. The van der Waals surface area contributed by atoms with E-state index < -0.39 is 0 Å². The van der Waals surface area contributed by atoms with Crippen molar-refractivity contribution in [1.82, 2.24) is 9.55 Å². The Balaban J connectivity index is 2.10. The Labute approximate surface area is 107 Å². The number of aromatic nitrogens is 2. The first-order chi connectivity index (χ1) is 8.29. The van der Waals surface area contributed by atoms with E-state index in [-0.39, 0.29) is 0 Å². The number of benzene rings is 1. The van der Waals surface area contributed by atoms with Crippen LogP contribution in [0.5, 0.6) is 0 Å². The van der Waals surface area contributed by atoms with Crippen LogP contribution in [0.3, 0.4) is 0 Å². The average molecular weight is 249 g/mol. The van der Waals surface area contributed by atoms with Crippen LogP contribution in [-0.4, -0.2) is 9.55 Å². The zero-order chi connectivity index (χ0) is 11.8. The van der Waals surface area contributed by atoms with Gasteiger partial charge in [0.1, 0.15) is 5.82 Å². The number of hydrogen-bond donors (Lipinski definition) is 0. The van der Waals surface area contributed by atoms with Crippen LogP contribution in [0.15, 0.2) is 18.2 Å². The van der Waals surface area contributed by atoms with Gasteiger partial charge in [0, 0.05) is 18.8 Å². The first-order valence-electron chi connectivity index (χ1n) is 6.31. The molecule has 0 unspecified atom stereocenters. The van der Waals surface area contributed by atoms with Crippen molar-refractivity contribution < 1.29 is 0 Å². The molecule has 0 atom stereocenters. The highest BCUT2D eigenvalue weighted by atomic mass is 35.5. The largest absolute Gasteiger partial charge is 0.331 e. The van der Waals surface area contributed by atoms with Crippen molar-refractivity contribution in [2.45, 2.75) is 37.5 Å². The fraction of sp³-hybridized carbons (Fsp3) is 0.500. The van der Waals surface area contributed by atoms with Gasteiger partial charge in [-0.15, -0.1) is 11.6 Å². The fourth-order valence-electron chi connectivity index (χ4n) is 2.90. The molecule has 3 rings (SSSR count). The third-order valence-electron chi connectivity index (χ3n) is 3.85. The van der Waals surface area contributed by atoms with Crippen LogP contribution in [0.2, 0.25) is 0 Å².